The second-order valence-electron chi connectivity index (χ2n) is 4.60. The molecule has 1 heterocycles. The Morgan fingerprint density at radius 1 is 1.38 bits per heavy atom. The van der Waals surface area contributed by atoms with Gasteiger partial charge < -0.3 is 9.67 Å². The molecule has 0 saturated heterocycles. The van der Waals surface area contributed by atoms with E-state index >= 15 is 0 Å². The van der Waals surface area contributed by atoms with E-state index in [0.717, 1.165) is 17.2 Å². The number of aromatic nitrogens is 1. The quantitative estimate of drug-likeness (QED) is 0.820. The summed E-state index contributed by atoms with van der Waals surface area (Å²) in [6, 6.07) is 6.94. The summed E-state index contributed by atoms with van der Waals surface area (Å²) in [5.41, 5.74) is 1.37. The Balaban J connectivity index is 2.40. The minimum atomic E-state index is -3.57. The fourth-order valence-corrected chi connectivity index (χ4v) is 2.57. The largest absolute Gasteiger partial charge is 0.481 e. The van der Waals surface area contributed by atoms with Gasteiger partial charge in [-0.3, -0.25) is 8.98 Å². The van der Waals surface area contributed by atoms with Gasteiger partial charge in [0, 0.05) is 28.2 Å². The van der Waals surface area contributed by atoms with Crippen LogP contribution in [0.4, 0.5) is 0 Å². The van der Waals surface area contributed by atoms with Gasteiger partial charge in [0.1, 0.15) is 6.61 Å². The predicted molar refractivity (Wildman–Crippen MR) is 78.8 cm³/mol. The SMILES string of the molecule is CS(=O)(=O)OCc1cc2cc(Cl)ccc2n1CCC(=O)O. The van der Waals surface area contributed by atoms with E-state index in [1.807, 2.05) is 0 Å². The fraction of sp³-hybridized carbons (Fsp3) is 0.308. The summed E-state index contributed by atoms with van der Waals surface area (Å²) in [6.07, 6.45) is 0.895. The molecule has 0 aliphatic rings. The molecular weight excluding hydrogens is 318 g/mol. The maximum atomic E-state index is 11.1. The lowest BCUT2D eigenvalue weighted by atomic mass is 10.2. The predicted octanol–water partition coefficient (Wildman–Crippen LogP) is 2.25. The highest BCUT2D eigenvalue weighted by molar-refractivity contribution is 7.85. The van der Waals surface area contributed by atoms with Gasteiger partial charge in [-0.05, 0) is 24.3 Å². The first-order valence-corrected chi connectivity index (χ1v) is 8.29. The second kappa shape index (κ2) is 6.05. The molecule has 6 nitrogen and oxygen atoms in total. The van der Waals surface area contributed by atoms with Gasteiger partial charge in [-0.2, -0.15) is 8.42 Å². The Morgan fingerprint density at radius 3 is 2.71 bits per heavy atom. The Hall–Kier alpha value is -1.57. The van der Waals surface area contributed by atoms with Gasteiger partial charge in [0.2, 0.25) is 0 Å². The van der Waals surface area contributed by atoms with Crippen LogP contribution in [0.15, 0.2) is 24.3 Å². The number of carboxylic acids is 1. The van der Waals surface area contributed by atoms with E-state index in [0.29, 0.717) is 10.7 Å². The molecule has 0 unspecified atom stereocenters. The summed E-state index contributed by atoms with van der Waals surface area (Å²) in [5.74, 6) is -0.930. The number of benzene rings is 1. The third kappa shape index (κ3) is 4.20. The van der Waals surface area contributed by atoms with Crippen molar-refractivity contribution in [1.82, 2.24) is 4.57 Å². The number of aryl methyl sites for hydroxylation is 1. The van der Waals surface area contributed by atoms with E-state index in [9.17, 15) is 13.2 Å². The second-order valence-corrected chi connectivity index (χ2v) is 6.68. The summed E-state index contributed by atoms with van der Waals surface area (Å²) in [6.45, 7) is 0.0771. The minimum Gasteiger partial charge on any atom is -0.481 e. The van der Waals surface area contributed by atoms with Crippen molar-refractivity contribution in [1.29, 1.82) is 0 Å². The van der Waals surface area contributed by atoms with E-state index in [-0.39, 0.29) is 19.6 Å². The molecule has 0 aliphatic heterocycles. The van der Waals surface area contributed by atoms with Crippen molar-refractivity contribution in [3.63, 3.8) is 0 Å². The normalized spacial score (nSPS) is 11.9. The Bertz CT molecular complexity index is 781. The number of carboxylic acid groups (broad SMARTS) is 1. The molecule has 8 heteroatoms. The molecular formula is C13H14ClNO5S. The third-order valence-electron chi connectivity index (χ3n) is 2.92. The summed E-state index contributed by atoms with van der Waals surface area (Å²) >= 11 is 5.93. The van der Waals surface area contributed by atoms with Crippen LogP contribution in [-0.2, 0) is 32.2 Å². The van der Waals surface area contributed by atoms with E-state index in [4.69, 9.17) is 20.9 Å². The van der Waals surface area contributed by atoms with Crippen LogP contribution < -0.4 is 0 Å². The standard InChI is InChI=1S/C13H14ClNO5S/c1-21(18,19)20-8-11-7-9-6-10(14)2-3-12(9)15(11)5-4-13(16)17/h2-3,6-7H,4-5,8H2,1H3,(H,16,17). The number of carbonyl (C=O) groups is 1. The van der Waals surface area contributed by atoms with Crippen molar-refractivity contribution in [2.75, 3.05) is 6.26 Å². The average molecular weight is 332 g/mol. The van der Waals surface area contributed by atoms with Gasteiger partial charge in [-0.25, -0.2) is 0 Å². The van der Waals surface area contributed by atoms with E-state index in [2.05, 4.69) is 0 Å². The molecule has 0 fully saturated rings. The topological polar surface area (TPSA) is 85.6 Å². The van der Waals surface area contributed by atoms with Crippen LogP contribution in [0.25, 0.3) is 10.9 Å². The van der Waals surface area contributed by atoms with Crippen molar-refractivity contribution in [2.45, 2.75) is 19.6 Å². The lowest BCUT2D eigenvalue weighted by Gasteiger charge is -2.09. The molecule has 0 amide bonds. The molecule has 0 aliphatic carbocycles. The highest BCUT2D eigenvalue weighted by atomic mass is 35.5. The number of halogens is 1. The van der Waals surface area contributed by atoms with Crippen LogP contribution in [0, 0.1) is 0 Å². The Labute approximate surface area is 127 Å². The van der Waals surface area contributed by atoms with Crippen molar-refractivity contribution >= 4 is 38.6 Å². The molecule has 0 atom stereocenters. The van der Waals surface area contributed by atoms with Crippen LogP contribution in [-0.4, -0.2) is 30.3 Å². The summed E-state index contributed by atoms with van der Waals surface area (Å²) in [5, 5.41) is 10.2. The molecule has 0 saturated carbocycles. The minimum absolute atomic E-state index is 0.0711. The highest BCUT2D eigenvalue weighted by Gasteiger charge is 2.13. The Kier molecular flexibility index (Phi) is 4.55. The van der Waals surface area contributed by atoms with E-state index in [1.165, 1.54) is 0 Å². The third-order valence-corrected chi connectivity index (χ3v) is 3.70. The maximum absolute atomic E-state index is 11.1. The summed E-state index contributed by atoms with van der Waals surface area (Å²) < 4.78 is 28.7. The molecule has 0 bridgehead atoms. The molecule has 1 aromatic carbocycles. The first kappa shape index (κ1) is 15.8. The van der Waals surface area contributed by atoms with Crippen LogP contribution in [0.5, 0.6) is 0 Å². The van der Waals surface area contributed by atoms with Crippen molar-refractivity contribution < 1.29 is 22.5 Å². The smallest absolute Gasteiger partial charge is 0.305 e. The van der Waals surface area contributed by atoms with Gasteiger partial charge in [0.05, 0.1) is 12.7 Å². The van der Waals surface area contributed by atoms with Crippen molar-refractivity contribution in [3.05, 3.63) is 35.0 Å². The van der Waals surface area contributed by atoms with Crippen LogP contribution in [0.2, 0.25) is 5.02 Å². The fourth-order valence-electron chi connectivity index (χ4n) is 2.06. The number of aliphatic carboxylic acids is 1. The lowest BCUT2D eigenvalue weighted by molar-refractivity contribution is -0.137. The first-order chi connectivity index (χ1) is 9.76. The number of hydrogen-bond acceptors (Lipinski definition) is 4. The molecule has 2 rings (SSSR count). The molecule has 0 spiro atoms. The number of hydrogen-bond donors (Lipinski definition) is 1. The maximum Gasteiger partial charge on any atom is 0.305 e. The van der Waals surface area contributed by atoms with Crippen LogP contribution in [0.3, 0.4) is 0 Å². The van der Waals surface area contributed by atoms with Crippen molar-refractivity contribution in [3.8, 4) is 0 Å². The average Bonchev–Trinajstić information content (AvgIpc) is 2.69. The Morgan fingerprint density at radius 2 is 2.10 bits per heavy atom. The van der Waals surface area contributed by atoms with Crippen LogP contribution >= 0.6 is 11.6 Å². The molecule has 114 valence electrons. The highest BCUT2D eigenvalue weighted by Crippen LogP contribution is 2.24. The monoisotopic (exact) mass is 331 g/mol. The van der Waals surface area contributed by atoms with Gasteiger partial charge in [-0.15, -0.1) is 0 Å². The molecule has 21 heavy (non-hydrogen) atoms. The van der Waals surface area contributed by atoms with Gasteiger partial charge >= 0.3 is 5.97 Å². The summed E-state index contributed by atoms with van der Waals surface area (Å²) in [7, 11) is -3.57. The molecule has 1 aromatic heterocycles. The summed E-state index contributed by atoms with van der Waals surface area (Å²) in [4.78, 5) is 10.8. The zero-order valence-electron chi connectivity index (χ0n) is 11.2. The molecule has 0 radical (unpaired) electrons. The number of rotatable bonds is 6. The van der Waals surface area contributed by atoms with Gasteiger partial charge in [0.15, 0.2) is 0 Å². The van der Waals surface area contributed by atoms with Crippen molar-refractivity contribution in [2.24, 2.45) is 0 Å². The van der Waals surface area contributed by atoms with E-state index < -0.39 is 16.1 Å². The number of fused-ring (bicyclic) bond motifs is 1. The zero-order valence-corrected chi connectivity index (χ0v) is 12.8. The van der Waals surface area contributed by atoms with E-state index in [1.54, 1.807) is 28.8 Å². The molecule has 2 aromatic rings. The van der Waals surface area contributed by atoms with Gasteiger partial charge in [0.25, 0.3) is 10.1 Å². The lowest BCUT2D eigenvalue weighted by Crippen LogP contribution is -2.10. The molecule has 1 N–H and O–H groups in total. The van der Waals surface area contributed by atoms with Crippen LogP contribution in [0.1, 0.15) is 12.1 Å². The van der Waals surface area contributed by atoms with Gasteiger partial charge in [-0.1, -0.05) is 11.6 Å². The number of nitrogens with zero attached hydrogens (tertiary/aromatic N) is 1. The first-order valence-electron chi connectivity index (χ1n) is 6.10. The zero-order chi connectivity index (χ0) is 15.6.